The molecular weight excluding hydrogens is 241 g/mol. The lowest BCUT2D eigenvalue weighted by Crippen LogP contribution is -2.54. The van der Waals surface area contributed by atoms with Gasteiger partial charge in [-0.25, -0.2) is 0 Å². The first-order valence-corrected chi connectivity index (χ1v) is 5.10. The van der Waals surface area contributed by atoms with E-state index in [1.165, 1.54) is 25.9 Å². The standard InChI is InChI=1S/C7H12INO/c8-7-6(10)5-1-3-9(7)4-2-5/h5-7,10H,1-4H2. The number of rotatable bonds is 0. The van der Waals surface area contributed by atoms with Crippen LogP contribution in [0, 0.1) is 5.92 Å². The van der Waals surface area contributed by atoms with Crippen molar-refractivity contribution in [3.05, 3.63) is 0 Å². The number of aliphatic hydroxyl groups excluding tert-OH is 1. The average molecular weight is 253 g/mol. The SMILES string of the molecule is OC1C2CCN(CC2)C1I. The zero-order chi connectivity index (χ0) is 7.14. The van der Waals surface area contributed by atoms with Crippen LogP contribution >= 0.6 is 22.6 Å². The van der Waals surface area contributed by atoms with Gasteiger partial charge in [0.05, 0.1) is 10.2 Å². The maximum Gasteiger partial charge on any atom is 0.0884 e. The van der Waals surface area contributed by atoms with Gasteiger partial charge in [-0.3, -0.25) is 4.90 Å². The third-order valence-corrected chi connectivity index (χ3v) is 4.21. The summed E-state index contributed by atoms with van der Waals surface area (Å²) < 4.78 is 0.394. The van der Waals surface area contributed by atoms with Crippen molar-refractivity contribution in [2.24, 2.45) is 5.92 Å². The van der Waals surface area contributed by atoms with E-state index < -0.39 is 0 Å². The average Bonchev–Trinajstić information content (AvgIpc) is 2.00. The lowest BCUT2D eigenvalue weighted by atomic mass is 9.86. The smallest absolute Gasteiger partial charge is 0.0884 e. The van der Waals surface area contributed by atoms with E-state index in [0.717, 1.165) is 0 Å². The van der Waals surface area contributed by atoms with Crippen LogP contribution in [0.25, 0.3) is 0 Å². The molecule has 2 nitrogen and oxygen atoms in total. The van der Waals surface area contributed by atoms with Crippen LogP contribution in [0.2, 0.25) is 0 Å². The van der Waals surface area contributed by atoms with Gasteiger partial charge in [-0.2, -0.15) is 0 Å². The molecule has 0 spiro atoms. The van der Waals surface area contributed by atoms with E-state index in [4.69, 9.17) is 0 Å². The summed E-state index contributed by atoms with van der Waals surface area (Å²) in [4.78, 5) is 2.38. The molecule has 3 aliphatic heterocycles. The number of hydrogen-bond donors (Lipinski definition) is 1. The summed E-state index contributed by atoms with van der Waals surface area (Å²) in [5.74, 6) is 0.604. The van der Waals surface area contributed by atoms with Crippen LogP contribution in [0.1, 0.15) is 12.8 Å². The first-order valence-electron chi connectivity index (χ1n) is 3.85. The Labute approximate surface area is 74.7 Å². The van der Waals surface area contributed by atoms with Crippen molar-refractivity contribution >= 4 is 22.6 Å². The zero-order valence-electron chi connectivity index (χ0n) is 5.83. The summed E-state index contributed by atoms with van der Waals surface area (Å²) in [7, 11) is 0. The number of alkyl halides is 1. The molecule has 3 fully saturated rings. The minimum atomic E-state index is -0.0527. The van der Waals surface area contributed by atoms with Gasteiger partial charge in [0, 0.05) is 0 Å². The summed E-state index contributed by atoms with van der Waals surface area (Å²) in [5.41, 5.74) is 0. The van der Waals surface area contributed by atoms with E-state index in [2.05, 4.69) is 27.5 Å². The van der Waals surface area contributed by atoms with Crippen molar-refractivity contribution in [3.8, 4) is 0 Å². The van der Waals surface area contributed by atoms with Gasteiger partial charge in [0.15, 0.2) is 0 Å². The lowest BCUT2D eigenvalue weighted by Gasteiger charge is -2.46. The molecule has 3 aliphatic rings. The number of aliphatic hydroxyl groups is 1. The quantitative estimate of drug-likeness (QED) is 0.393. The molecule has 0 radical (unpaired) electrons. The molecular formula is C7H12INO. The second-order valence-corrected chi connectivity index (χ2v) is 4.51. The van der Waals surface area contributed by atoms with Gasteiger partial charge in [-0.15, -0.1) is 0 Å². The Hall–Kier alpha value is 0.650. The Morgan fingerprint density at radius 1 is 1.30 bits per heavy atom. The van der Waals surface area contributed by atoms with Gasteiger partial charge in [0.1, 0.15) is 0 Å². The van der Waals surface area contributed by atoms with Gasteiger partial charge in [0.2, 0.25) is 0 Å². The van der Waals surface area contributed by atoms with Crippen LogP contribution in [-0.2, 0) is 0 Å². The Balaban J connectivity index is 2.13. The lowest BCUT2D eigenvalue weighted by molar-refractivity contribution is -0.0311. The summed E-state index contributed by atoms with van der Waals surface area (Å²) in [6.07, 6.45) is 2.37. The van der Waals surface area contributed by atoms with E-state index in [9.17, 15) is 5.11 Å². The zero-order valence-corrected chi connectivity index (χ0v) is 7.99. The molecule has 0 saturated carbocycles. The highest BCUT2D eigenvalue weighted by Crippen LogP contribution is 2.34. The third-order valence-electron chi connectivity index (χ3n) is 2.69. The van der Waals surface area contributed by atoms with Crippen molar-refractivity contribution in [3.63, 3.8) is 0 Å². The summed E-state index contributed by atoms with van der Waals surface area (Å²) in [6, 6.07) is 0. The van der Waals surface area contributed by atoms with Crippen LogP contribution < -0.4 is 0 Å². The molecule has 3 heteroatoms. The van der Waals surface area contributed by atoms with Gasteiger partial charge in [-0.1, -0.05) is 22.6 Å². The predicted molar refractivity (Wildman–Crippen MR) is 48.1 cm³/mol. The Morgan fingerprint density at radius 3 is 2.20 bits per heavy atom. The maximum absolute atomic E-state index is 9.62. The number of piperidine rings is 3. The third kappa shape index (κ3) is 0.987. The minimum Gasteiger partial charge on any atom is -0.390 e. The normalized spacial score (nSPS) is 53.4. The molecule has 58 valence electrons. The monoisotopic (exact) mass is 253 g/mol. The highest BCUT2D eigenvalue weighted by molar-refractivity contribution is 14.1. The van der Waals surface area contributed by atoms with Gasteiger partial charge >= 0.3 is 0 Å². The largest absolute Gasteiger partial charge is 0.390 e. The van der Waals surface area contributed by atoms with E-state index in [1.807, 2.05) is 0 Å². The molecule has 3 rings (SSSR count). The first kappa shape index (κ1) is 7.31. The van der Waals surface area contributed by atoms with Gasteiger partial charge in [0.25, 0.3) is 0 Å². The summed E-state index contributed by atoms with van der Waals surface area (Å²) in [5, 5.41) is 9.62. The fourth-order valence-electron chi connectivity index (χ4n) is 1.95. The topological polar surface area (TPSA) is 23.5 Å². The Morgan fingerprint density at radius 2 is 1.90 bits per heavy atom. The molecule has 2 atom stereocenters. The van der Waals surface area contributed by atoms with Gasteiger partial charge < -0.3 is 5.11 Å². The second-order valence-electron chi connectivity index (χ2n) is 3.24. The highest BCUT2D eigenvalue weighted by Gasteiger charge is 2.39. The molecule has 2 unspecified atom stereocenters. The van der Waals surface area contributed by atoms with Crippen LogP contribution in [0.5, 0.6) is 0 Å². The molecule has 1 N–H and O–H groups in total. The second kappa shape index (κ2) is 2.60. The molecule has 0 aromatic carbocycles. The minimum absolute atomic E-state index is 0.0527. The first-order chi connectivity index (χ1) is 4.79. The van der Waals surface area contributed by atoms with Crippen molar-refractivity contribution in [1.29, 1.82) is 0 Å². The molecule has 0 aromatic rings. The predicted octanol–water partition coefficient (Wildman–Crippen LogP) is 0.834. The fraction of sp³-hybridized carbons (Fsp3) is 1.00. The maximum atomic E-state index is 9.62. The van der Waals surface area contributed by atoms with Crippen molar-refractivity contribution in [1.82, 2.24) is 4.90 Å². The van der Waals surface area contributed by atoms with Crippen molar-refractivity contribution in [2.45, 2.75) is 23.0 Å². The van der Waals surface area contributed by atoms with E-state index in [0.29, 0.717) is 9.97 Å². The number of nitrogens with zero attached hydrogens (tertiary/aromatic N) is 1. The van der Waals surface area contributed by atoms with E-state index in [1.54, 1.807) is 0 Å². The van der Waals surface area contributed by atoms with Crippen LogP contribution in [0.4, 0.5) is 0 Å². The van der Waals surface area contributed by atoms with E-state index in [-0.39, 0.29) is 6.10 Å². The summed E-state index contributed by atoms with van der Waals surface area (Å²) in [6.45, 7) is 2.41. The molecule has 0 aromatic heterocycles. The van der Waals surface area contributed by atoms with Crippen LogP contribution in [0.3, 0.4) is 0 Å². The Bertz CT molecular complexity index is 114. The number of fused-ring (bicyclic) bond motifs is 3. The highest BCUT2D eigenvalue weighted by atomic mass is 127. The molecule has 10 heavy (non-hydrogen) atoms. The summed E-state index contributed by atoms with van der Waals surface area (Å²) >= 11 is 2.35. The van der Waals surface area contributed by atoms with Gasteiger partial charge in [-0.05, 0) is 31.8 Å². The Kier molecular flexibility index (Phi) is 1.90. The molecule has 0 aliphatic carbocycles. The van der Waals surface area contributed by atoms with Crippen molar-refractivity contribution < 1.29 is 5.11 Å². The van der Waals surface area contributed by atoms with Crippen LogP contribution in [0.15, 0.2) is 0 Å². The molecule has 3 heterocycles. The molecule has 2 bridgehead atoms. The van der Waals surface area contributed by atoms with Crippen LogP contribution in [-0.4, -0.2) is 33.2 Å². The number of halogens is 1. The van der Waals surface area contributed by atoms with E-state index >= 15 is 0 Å². The number of hydrogen-bond acceptors (Lipinski definition) is 2. The molecule has 0 amide bonds. The fourth-order valence-corrected chi connectivity index (χ4v) is 3.09. The molecule has 3 saturated heterocycles. The van der Waals surface area contributed by atoms with Crippen molar-refractivity contribution in [2.75, 3.05) is 13.1 Å².